The van der Waals surface area contributed by atoms with Gasteiger partial charge in [-0.3, -0.25) is 13.9 Å². The van der Waals surface area contributed by atoms with Gasteiger partial charge in [-0.25, -0.2) is 8.42 Å². The summed E-state index contributed by atoms with van der Waals surface area (Å²) in [5, 5.41) is 3.57. The second kappa shape index (κ2) is 12.8. The summed E-state index contributed by atoms with van der Waals surface area (Å²) in [5.74, 6) is -0.426. The van der Waals surface area contributed by atoms with Gasteiger partial charge in [0.05, 0.1) is 11.9 Å². The third-order valence-electron chi connectivity index (χ3n) is 6.08. The molecule has 0 fully saturated rings. The summed E-state index contributed by atoms with van der Waals surface area (Å²) in [4.78, 5) is 28.2. The van der Waals surface area contributed by atoms with Crippen LogP contribution in [0.3, 0.4) is 0 Å². The van der Waals surface area contributed by atoms with E-state index in [9.17, 15) is 18.0 Å². The average Bonchev–Trinajstić information content (AvgIpc) is 2.77. The molecule has 0 aliphatic carbocycles. The smallest absolute Gasteiger partial charge is 0.243 e. The van der Waals surface area contributed by atoms with E-state index >= 15 is 0 Å². The second-order valence-electron chi connectivity index (χ2n) is 10.5. The lowest BCUT2D eigenvalue weighted by Gasteiger charge is -2.33. The minimum Gasteiger partial charge on any atom is -0.350 e. The van der Waals surface area contributed by atoms with E-state index in [1.54, 1.807) is 23.1 Å². The molecule has 0 spiro atoms. The molecular weight excluding hydrogens is 510 g/mol. The first-order valence-corrected chi connectivity index (χ1v) is 14.8. The molecular formula is C28H40ClN3O4S. The molecule has 0 aliphatic heterocycles. The van der Waals surface area contributed by atoms with Gasteiger partial charge in [0.25, 0.3) is 0 Å². The van der Waals surface area contributed by atoms with Crippen molar-refractivity contribution in [1.82, 2.24) is 10.2 Å². The van der Waals surface area contributed by atoms with Crippen LogP contribution >= 0.6 is 11.6 Å². The number of halogens is 1. The Kier molecular flexibility index (Phi) is 10.6. The molecule has 1 N–H and O–H groups in total. The molecule has 37 heavy (non-hydrogen) atoms. The van der Waals surface area contributed by atoms with Crippen molar-refractivity contribution in [2.45, 2.75) is 78.9 Å². The Morgan fingerprint density at radius 1 is 1.03 bits per heavy atom. The zero-order chi connectivity index (χ0) is 28.0. The fourth-order valence-electron chi connectivity index (χ4n) is 4.04. The topological polar surface area (TPSA) is 86.8 Å². The van der Waals surface area contributed by atoms with Crippen molar-refractivity contribution in [2.75, 3.05) is 17.1 Å². The SMILES string of the molecule is CCC(C(=O)NC(C)(C)C)N(Cc1ccc(Cl)cc1)C(=O)CCCN(c1ccc(C)c(C)c1)S(C)(=O)=O. The molecule has 0 saturated carbocycles. The molecule has 1 atom stereocenters. The number of hydrogen-bond acceptors (Lipinski definition) is 4. The zero-order valence-electron chi connectivity index (χ0n) is 23.0. The molecule has 0 saturated heterocycles. The van der Waals surface area contributed by atoms with Gasteiger partial charge >= 0.3 is 0 Å². The Bertz CT molecular complexity index is 1190. The summed E-state index contributed by atoms with van der Waals surface area (Å²) >= 11 is 6.03. The maximum absolute atomic E-state index is 13.5. The van der Waals surface area contributed by atoms with Gasteiger partial charge in [-0.2, -0.15) is 0 Å². The Labute approximate surface area is 227 Å². The van der Waals surface area contributed by atoms with Crippen molar-refractivity contribution < 1.29 is 18.0 Å². The van der Waals surface area contributed by atoms with E-state index in [1.807, 2.05) is 65.8 Å². The van der Waals surface area contributed by atoms with Gasteiger partial charge in [0.1, 0.15) is 6.04 Å². The van der Waals surface area contributed by atoms with E-state index in [0.29, 0.717) is 23.6 Å². The van der Waals surface area contributed by atoms with Crippen LogP contribution < -0.4 is 9.62 Å². The van der Waals surface area contributed by atoms with Crippen molar-refractivity contribution in [3.05, 3.63) is 64.2 Å². The third-order valence-corrected chi connectivity index (χ3v) is 7.53. The molecule has 7 nitrogen and oxygen atoms in total. The Balaban J connectivity index is 2.25. The number of nitrogens with one attached hydrogen (secondary N) is 1. The summed E-state index contributed by atoms with van der Waals surface area (Å²) in [7, 11) is -3.54. The molecule has 0 aliphatic rings. The Hall–Kier alpha value is -2.58. The highest BCUT2D eigenvalue weighted by Gasteiger charge is 2.30. The van der Waals surface area contributed by atoms with Crippen LogP contribution in [0.2, 0.25) is 5.02 Å². The number of rotatable bonds is 11. The van der Waals surface area contributed by atoms with Gasteiger partial charge in [0.15, 0.2) is 0 Å². The highest BCUT2D eigenvalue weighted by atomic mass is 35.5. The van der Waals surface area contributed by atoms with E-state index in [1.165, 1.54) is 10.6 Å². The van der Waals surface area contributed by atoms with Gasteiger partial charge < -0.3 is 10.2 Å². The summed E-state index contributed by atoms with van der Waals surface area (Å²) in [6, 6.07) is 12.0. The van der Waals surface area contributed by atoms with Crippen molar-refractivity contribution in [3.8, 4) is 0 Å². The highest BCUT2D eigenvalue weighted by Crippen LogP contribution is 2.23. The number of carbonyl (C=O) groups is 2. The highest BCUT2D eigenvalue weighted by molar-refractivity contribution is 7.92. The van der Waals surface area contributed by atoms with Crippen LogP contribution in [0.4, 0.5) is 5.69 Å². The fourth-order valence-corrected chi connectivity index (χ4v) is 5.13. The van der Waals surface area contributed by atoms with Crippen LogP contribution in [0.25, 0.3) is 0 Å². The van der Waals surface area contributed by atoms with Crippen LogP contribution in [-0.2, 0) is 26.2 Å². The number of anilines is 1. The monoisotopic (exact) mass is 549 g/mol. The molecule has 0 bridgehead atoms. The maximum Gasteiger partial charge on any atom is 0.243 e. The van der Waals surface area contributed by atoms with Crippen LogP contribution in [0, 0.1) is 13.8 Å². The van der Waals surface area contributed by atoms with Crippen LogP contribution in [-0.4, -0.2) is 49.5 Å². The van der Waals surface area contributed by atoms with Crippen molar-refractivity contribution >= 4 is 39.1 Å². The van der Waals surface area contributed by atoms with E-state index in [0.717, 1.165) is 16.7 Å². The molecule has 9 heteroatoms. The number of amides is 2. The van der Waals surface area contributed by atoms with Gasteiger partial charge in [0, 0.05) is 30.1 Å². The lowest BCUT2D eigenvalue weighted by molar-refractivity contribution is -0.142. The molecule has 2 rings (SSSR count). The van der Waals surface area contributed by atoms with Crippen LogP contribution in [0.5, 0.6) is 0 Å². The van der Waals surface area contributed by atoms with Gasteiger partial charge in [-0.15, -0.1) is 0 Å². The number of nitrogens with zero attached hydrogens (tertiary/aromatic N) is 2. The molecule has 2 amide bonds. The molecule has 1 unspecified atom stereocenters. The molecule has 0 heterocycles. The zero-order valence-corrected chi connectivity index (χ0v) is 24.5. The van der Waals surface area contributed by atoms with Crippen LogP contribution in [0.15, 0.2) is 42.5 Å². The first-order valence-electron chi connectivity index (χ1n) is 12.5. The summed E-state index contributed by atoms with van der Waals surface area (Å²) in [6.07, 6.45) is 2.02. The quantitative estimate of drug-likeness (QED) is 0.416. The number of sulfonamides is 1. The predicted octanol–water partition coefficient (Wildman–Crippen LogP) is 5.23. The number of hydrogen-bond donors (Lipinski definition) is 1. The van der Waals surface area contributed by atoms with Crippen molar-refractivity contribution in [3.63, 3.8) is 0 Å². The normalized spacial score (nSPS) is 12.6. The minimum absolute atomic E-state index is 0.101. The van der Waals surface area contributed by atoms with Crippen LogP contribution in [0.1, 0.15) is 63.6 Å². The summed E-state index contributed by atoms with van der Waals surface area (Å²) in [6.45, 7) is 11.9. The number of aryl methyl sites for hydroxylation is 2. The maximum atomic E-state index is 13.5. The number of benzene rings is 2. The largest absolute Gasteiger partial charge is 0.350 e. The van der Waals surface area contributed by atoms with Gasteiger partial charge in [0.2, 0.25) is 21.8 Å². The molecule has 2 aromatic carbocycles. The molecule has 0 radical (unpaired) electrons. The van der Waals surface area contributed by atoms with E-state index in [2.05, 4.69) is 5.32 Å². The lowest BCUT2D eigenvalue weighted by Crippen LogP contribution is -2.53. The van der Waals surface area contributed by atoms with Crippen molar-refractivity contribution in [1.29, 1.82) is 0 Å². The van der Waals surface area contributed by atoms with E-state index in [-0.39, 0.29) is 31.3 Å². The number of carbonyl (C=O) groups excluding carboxylic acids is 2. The predicted molar refractivity (Wildman–Crippen MR) is 151 cm³/mol. The summed E-state index contributed by atoms with van der Waals surface area (Å²) < 4.78 is 26.4. The first-order chi connectivity index (χ1) is 17.1. The first kappa shape index (κ1) is 30.6. The third kappa shape index (κ3) is 9.34. The molecule has 2 aromatic rings. The lowest BCUT2D eigenvalue weighted by atomic mass is 10.0. The minimum atomic E-state index is -3.54. The van der Waals surface area contributed by atoms with E-state index < -0.39 is 21.6 Å². The van der Waals surface area contributed by atoms with E-state index in [4.69, 9.17) is 11.6 Å². The fraction of sp³-hybridized carbons (Fsp3) is 0.500. The molecule has 204 valence electrons. The van der Waals surface area contributed by atoms with Crippen molar-refractivity contribution in [2.24, 2.45) is 0 Å². The average molecular weight is 550 g/mol. The Morgan fingerprint density at radius 3 is 2.16 bits per heavy atom. The van der Waals surface area contributed by atoms with Gasteiger partial charge in [-0.1, -0.05) is 36.7 Å². The Morgan fingerprint density at radius 2 is 1.65 bits per heavy atom. The van der Waals surface area contributed by atoms with Gasteiger partial charge in [-0.05, 0) is 88.4 Å². The standard InChI is InChI=1S/C28H40ClN3O4S/c1-8-25(27(34)30-28(4,5)6)31(19-22-12-14-23(29)15-13-22)26(33)10-9-17-32(37(7,35)36)24-16-11-20(2)21(3)18-24/h11-16,18,25H,8-10,17,19H2,1-7H3,(H,30,34). The second-order valence-corrected chi connectivity index (χ2v) is 12.9. The summed E-state index contributed by atoms with van der Waals surface area (Å²) in [5.41, 5.74) is 3.05. The molecule has 0 aromatic heterocycles.